The predicted molar refractivity (Wildman–Crippen MR) is 113 cm³/mol. The maximum absolute atomic E-state index is 13.4. The van der Waals surface area contributed by atoms with Crippen LogP contribution in [-0.4, -0.2) is 25.1 Å². The van der Waals surface area contributed by atoms with Gasteiger partial charge in [0, 0.05) is 18.0 Å². The largest absolute Gasteiger partial charge is 0.497 e. The summed E-state index contributed by atoms with van der Waals surface area (Å²) in [5.74, 6) is 1.10. The van der Waals surface area contributed by atoms with E-state index in [4.69, 9.17) is 9.47 Å². The molecule has 29 heavy (non-hydrogen) atoms. The maximum Gasteiger partial charge on any atom is 0.262 e. The van der Waals surface area contributed by atoms with E-state index in [0.717, 1.165) is 12.1 Å². The van der Waals surface area contributed by atoms with Crippen LogP contribution in [0.15, 0.2) is 60.8 Å². The van der Waals surface area contributed by atoms with E-state index in [1.54, 1.807) is 43.5 Å². The minimum atomic E-state index is -0.465. The first-order chi connectivity index (χ1) is 14.2. The lowest BCUT2D eigenvalue weighted by molar-refractivity contribution is 0.0992. The number of carbonyl (C=O) groups is 1. The lowest BCUT2D eigenvalue weighted by atomic mass is 10.1. The van der Waals surface area contributed by atoms with Crippen LogP contribution in [0, 0.1) is 0 Å². The Labute approximate surface area is 170 Å². The van der Waals surface area contributed by atoms with Gasteiger partial charge in [-0.2, -0.15) is 0 Å². The lowest BCUT2D eigenvalue weighted by Gasteiger charge is -2.28. The summed E-state index contributed by atoms with van der Waals surface area (Å²) in [6, 6.07) is 17.1. The molecule has 2 heterocycles. The van der Waals surface area contributed by atoms with E-state index < -0.39 is 6.17 Å². The zero-order valence-electron chi connectivity index (χ0n) is 16.7. The third-order valence-corrected chi connectivity index (χ3v) is 5.14. The first kappa shape index (κ1) is 18.8. The number of methoxy groups -OCH3 is 2. The molecule has 148 valence electrons. The van der Waals surface area contributed by atoms with E-state index in [9.17, 15) is 4.79 Å². The van der Waals surface area contributed by atoms with Gasteiger partial charge in [-0.1, -0.05) is 25.1 Å². The number of para-hydroxylation sites is 1. The van der Waals surface area contributed by atoms with Crippen molar-refractivity contribution in [1.82, 2.24) is 4.98 Å². The Morgan fingerprint density at radius 1 is 1.07 bits per heavy atom. The van der Waals surface area contributed by atoms with Crippen LogP contribution in [0.3, 0.4) is 0 Å². The number of hydrogen-bond acceptors (Lipinski definition) is 5. The van der Waals surface area contributed by atoms with Gasteiger partial charge >= 0.3 is 0 Å². The Morgan fingerprint density at radius 3 is 2.66 bits per heavy atom. The van der Waals surface area contributed by atoms with Crippen molar-refractivity contribution in [3.63, 3.8) is 0 Å². The topological polar surface area (TPSA) is 63.7 Å². The van der Waals surface area contributed by atoms with Gasteiger partial charge in [0.05, 0.1) is 31.2 Å². The Kier molecular flexibility index (Phi) is 5.08. The number of nitrogens with zero attached hydrogens (tertiary/aromatic N) is 2. The van der Waals surface area contributed by atoms with E-state index in [2.05, 4.69) is 23.3 Å². The number of fused-ring (bicyclic) bond motifs is 1. The predicted octanol–water partition coefficient (Wildman–Crippen LogP) is 4.43. The first-order valence-corrected chi connectivity index (χ1v) is 9.52. The number of benzene rings is 2. The minimum Gasteiger partial charge on any atom is -0.497 e. The summed E-state index contributed by atoms with van der Waals surface area (Å²) in [5.41, 5.74) is 4.03. The van der Waals surface area contributed by atoms with Gasteiger partial charge in [0.15, 0.2) is 6.17 Å². The SMILES string of the molecule is CCc1ccccc1N[C@@H]1c2ncccc2C(=O)N1c1cc(OC)ccc1OC. The van der Waals surface area contributed by atoms with Gasteiger partial charge in [-0.25, -0.2) is 0 Å². The Balaban J connectivity index is 1.85. The number of carbonyl (C=O) groups excluding carboxylic acids is 1. The van der Waals surface area contributed by atoms with E-state index in [-0.39, 0.29) is 5.91 Å². The molecule has 6 nitrogen and oxygen atoms in total. The highest BCUT2D eigenvalue weighted by Gasteiger charge is 2.40. The molecule has 2 aromatic carbocycles. The van der Waals surface area contributed by atoms with Crippen LogP contribution < -0.4 is 19.7 Å². The van der Waals surface area contributed by atoms with E-state index in [1.807, 2.05) is 30.3 Å². The quantitative estimate of drug-likeness (QED) is 0.676. The molecule has 0 unspecified atom stereocenters. The average Bonchev–Trinajstić information content (AvgIpc) is 3.05. The van der Waals surface area contributed by atoms with Gasteiger partial charge < -0.3 is 14.8 Å². The third-order valence-electron chi connectivity index (χ3n) is 5.14. The second-order valence-corrected chi connectivity index (χ2v) is 6.71. The van der Waals surface area contributed by atoms with Crippen molar-refractivity contribution in [2.24, 2.45) is 0 Å². The van der Waals surface area contributed by atoms with Gasteiger partial charge in [-0.05, 0) is 42.3 Å². The second kappa shape index (κ2) is 7.83. The van der Waals surface area contributed by atoms with Crippen LogP contribution in [0.1, 0.15) is 34.7 Å². The maximum atomic E-state index is 13.4. The second-order valence-electron chi connectivity index (χ2n) is 6.71. The van der Waals surface area contributed by atoms with E-state index in [0.29, 0.717) is 28.4 Å². The molecule has 1 aliphatic heterocycles. The van der Waals surface area contributed by atoms with Crippen LogP contribution in [0.2, 0.25) is 0 Å². The minimum absolute atomic E-state index is 0.133. The number of nitrogens with one attached hydrogen (secondary N) is 1. The molecule has 1 atom stereocenters. The van der Waals surface area contributed by atoms with Crippen LogP contribution in [0.5, 0.6) is 11.5 Å². The highest BCUT2D eigenvalue weighted by Crippen LogP contribution is 2.42. The summed E-state index contributed by atoms with van der Waals surface area (Å²) in [7, 11) is 3.19. The monoisotopic (exact) mass is 389 g/mol. The van der Waals surface area contributed by atoms with Crippen LogP contribution >= 0.6 is 0 Å². The molecular formula is C23H23N3O3. The molecular weight excluding hydrogens is 366 g/mol. The molecule has 0 fully saturated rings. The number of hydrogen-bond donors (Lipinski definition) is 1. The highest BCUT2D eigenvalue weighted by atomic mass is 16.5. The molecule has 1 aromatic heterocycles. The number of amides is 1. The van der Waals surface area contributed by atoms with Crippen molar-refractivity contribution in [1.29, 1.82) is 0 Å². The van der Waals surface area contributed by atoms with E-state index in [1.165, 1.54) is 5.56 Å². The molecule has 0 radical (unpaired) electrons. The highest BCUT2D eigenvalue weighted by molar-refractivity contribution is 6.11. The van der Waals surface area contributed by atoms with Gasteiger partial charge in [0.2, 0.25) is 0 Å². The Morgan fingerprint density at radius 2 is 1.90 bits per heavy atom. The molecule has 3 aromatic rings. The van der Waals surface area contributed by atoms with Crippen molar-refractivity contribution < 1.29 is 14.3 Å². The average molecular weight is 389 g/mol. The van der Waals surface area contributed by atoms with Gasteiger partial charge in [0.25, 0.3) is 5.91 Å². The number of rotatable bonds is 6. The number of aryl methyl sites for hydroxylation is 1. The zero-order chi connectivity index (χ0) is 20.4. The van der Waals surface area contributed by atoms with Crippen molar-refractivity contribution in [3.05, 3.63) is 77.6 Å². The molecule has 1 N–H and O–H groups in total. The van der Waals surface area contributed by atoms with Crippen molar-refractivity contribution >= 4 is 17.3 Å². The molecule has 0 spiro atoms. The fraction of sp³-hybridized carbons (Fsp3) is 0.217. The molecule has 0 aliphatic carbocycles. The molecule has 1 amide bonds. The fourth-order valence-corrected chi connectivity index (χ4v) is 3.67. The smallest absolute Gasteiger partial charge is 0.262 e. The van der Waals surface area contributed by atoms with Gasteiger partial charge in [0.1, 0.15) is 11.5 Å². The van der Waals surface area contributed by atoms with Crippen LogP contribution in [0.25, 0.3) is 0 Å². The summed E-state index contributed by atoms with van der Waals surface area (Å²) in [5, 5.41) is 3.53. The normalized spacial score (nSPS) is 15.2. The van der Waals surface area contributed by atoms with Crippen LogP contribution in [-0.2, 0) is 6.42 Å². The molecule has 0 bridgehead atoms. The Bertz CT molecular complexity index is 1050. The summed E-state index contributed by atoms with van der Waals surface area (Å²) in [4.78, 5) is 19.6. The summed E-state index contributed by atoms with van der Waals surface area (Å²) in [6.45, 7) is 2.11. The molecule has 0 saturated heterocycles. The lowest BCUT2D eigenvalue weighted by Crippen LogP contribution is -2.33. The number of aromatic nitrogens is 1. The van der Waals surface area contributed by atoms with Gasteiger partial charge in [-0.3, -0.25) is 14.7 Å². The summed E-state index contributed by atoms with van der Waals surface area (Å²) >= 11 is 0. The van der Waals surface area contributed by atoms with Gasteiger partial charge in [-0.15, -0.1) is 0 Å². The number of ether oxygens (including phenoxy) is 2. The molecule has 0 saturated carbocycles. The molecule has 1 aliphatic rings. The van der Waals surface area contributed by atoms with Crippen molar-refractivity contribution in [2.75, 3.05) is 24.4 Å². The number of pyridine rings is 1. The third kappa shape index (κ3) is 3.27. The zero-order valence-corrected chi connectivity index (χ0v) is 16.7. The summed E-state index contributed by atoms with van der Waals surface area (Å²) < 4.78 is 10.9. The summed E-state index contributed by atoms with van der Waals surface area (Å²) in [6.07, 6.45) is 2.12. The first-order valence-electron chi connectivity index (χ1n) is 9.52. The molecule has 4 rings (SSSR count). The number of anilines is 2. The van der Waals surface area contributed by atoms with Crippen molar-refractivity contribution in [2.45, 2.75) is 19.5 Å². The van der Waals surface area contributed by atoms with E-state index >= 15 is 0 Å². The van der Waals surface area contributed by atoms with Crippen LogP contribution in [0.4, 0.5) is 11.4 Å². The van der Waals surface area contributed by atoms with Crippen molar-refractivity contribution in [3.8, 4) is 11.5 Å². The molecule has 6 heteroatoms. The fourth-order valence-electron chi connectivity index (χ4n) is 3.67. The standard InChI is InChI=1S/C23H23N3O3/c1-4-15-8-5-6-10-18(15)25-22-21-17(9-7-13-24-21)23(27)26(22)19-14-16(28-2)11-12-20(19)29-3/h5-14,22,25H,4H2,1-3H3/t22-/m0/s1. The Hall–Kier alpha value is -3.54.